The lowest BCUT2D eigenvalue weighted by molar-refractivity contribution is -0.138. The fourth-order valence-corrected chi connectivity index (χ4v) is 1.00. The Morgan fingerprint density at radius 1 is 1.38 bits per heavy atom. The fourth-order valence-electron chi connectivity index (χ4n) is 1.00. The number of esters is 1. The molecule has 0 spiro atoms. The summed E-state index contributed by atoms with van der Waals surface area (Å²) >= 11 is 0. The molecule has 1 N–H and O–H groups in total. The van der Waals surface area contributed by atoms with Gasteiger partial charge >= 0.3 is 5.97 Å². The van der Waals surface area contributed by atoms with Gasteiger partial charge in [0.05, 0.1) is 17.9 Å². The van der Waals surface area contributed by atoms with Crippen molar-refractivity contribution in [2.75, 3.05) is 6.61 Å². The largest absolute Gasteiger partial charge is 0.512 e. The van der Waals surface area contributed by atoms with E-state index in [0.29, 0.717) is 18.6 Å². The van der Waals surface area contributed by atoms with Gasteiger partial charge in [0.25, 0.3) is 0 Å². The SMILES string of the molecule is CCCCC(C(=O)OCC)=C(C)O. The number of aliphatic hydroxyl groups is 1. The van der Waals surface area contributed by atoms with Gasteiger partial charge in [0, 0.05) is 0 Å². The summed E-state index contributed by atoms with van der Waals surface area (Å²) in [6, 6.07) is 0. The number of rotatable bonds is 5. The fraction of sp³-hybridized carbons (Fsp3) is 0.700. The molecule has 0 aliphatic heterocycles. The second-order valence-corrected chi connectivity index (χ2v) is 2.89. The van der Waals surface area contributed by atoms with Crippen LogP contribution >= 0.6 is 0 Å². The van der Waals surface area contributed by atoms with Gasteiger partial charge in [-0.05, 0) is 26.7 Å². The smallest absolute Gasteiger partial charge is 0.337 e. The normalized spacial score (nSPS) is 12.2. The van der Waals surface area contributed by atoms with Crippen molar-refractivity contribution < 1.29 is 14.6 Å². The molecule has 0 aromatic carbocycles. The van der Waals surface area contributed by atoms with E-state index >= 15 is 0 Å². The van der Waals surface area contributed by atoms with Crippen LogP contribution in [0.4, 0.5) is 0 Å². The molecular weight excluding hydrogens is 168 g/mol. The number of hydrogen-bond donors (Lipinski definition) is 1. The average molecular weight is 186 g/mol. The number of allylic oxidation sites excluding steroid dienone is 1. The van der Waals surface area contributed by atoms with Crippen LogP contribution in [0, 0.1) is 0 Å². The third-order valence-electron chi connectivity index (χ3n) is 1.74. The van der Waals surface area contributed by atoms with Gasteiger partial charge in [-0.1, -0.05) is 13.3 Å². The van der Waals surface area contributed by atoms with Crippen LogP contribution in [0.25, 0.3) is 0 Å². The summed E-state index contributed by atoms with van der Waals surface area (Å²) in [6.07, 6.45) is 2.49. The Hall–Kier alpha value is -0.990. The zero-order valence-electron chi connectivity index (χ0n) is 8.59. The topological polar surface area (TPSA) is 46.5 Å². The van der Waals surface area contributed by atoms with Crippen molar-refractivity contribution in [1.82, 2.24) is 0 Å². The zero-order valence-corrected chi connectivity index (χ0v) is 8.59. The number of carbonyl (C=O) groups is 1. The Bertz CT molecular complexity index is 190. The first kappa shape index (κ1) is 12.0. The summed E-state index contributed by atoms with van der Waals surface area (Å²) < 4.78 is 4.81. The van der Waals surface area contributed by atoms with Crippen molar-refractivity contribution in [2.45, 2.75) is 40.0 Å². The molecule has 3 heteroatoms. The molecule has 0 aliphatic carbocycles. The third-order valence-corrected chi connectivity index (χ3v) is 1.74. The zero-order chi connectivity index (χ0) is 10.3. The Morgan fingerprint density at radius 3 is 2.38 bits per heavy atom. The van der Waals surface area contributed by atoms with E-state index in [4.69, 9.17) is 4.74 Å². The third kappa shape index (κ3) is 4.55. The summed E-state index contributed by atoms with van der Waals surface area (Å²) in [5.74, 6) is -0.317. The molecule has 0 bridgehead atoms. The molecule has 0 amide bonds. The molecule has 0 heterocycles. The summed E-state index contributed by atoms with van der Waals surface area (Å²) in [4.78, 5) is 11.3. The summed E-state index contributed by atoms with van der Waals surface area (Å²) in [7, 11) is 0. The lowest BCUT2D eigenvalue weighted by atomic mass is 10.1. The number of aliphatic hydroxyl groups excluding tert-OH is 1. The molecule has 0 radical (unpaired) electrons. The first-order valence-electron chi connectivity index (χ1n) is 4.69. The predicted molar refractivity (Wildman–Crippen MR) is 51.5 cm³/mol. The second-order valence-electron chi connectivity index (χ2n) is 2.89. The Kier molecular flexibility index (Phi) is 6.02. The second kappa shape index (κ2) is 6.52. The highest BCUT2D eigenvalue weighted by molar-refractivity contribution is 5.88. The number of hydrogen-bond acceptors (Lipinski definition) is 3. The molecule has 13 heavy (non-hydrogen) atoms. The highest BCUT2D eigenvalue weighted by Gasteiger charge is 2.12. The molecule has 0 aromatic rings. The lowest BCUT2D eigenvalue weighted by Gasteiger charge is -2.06. The van der Waals surface area contributed by atoms with Gasteiger partial charge in [0.15, 0.2) is 0 Å². The molecule has 0 unspecified atom stereocenters. The van der Waals surface area contributed by atoms with E-state index in [-0.39, 0.29) is 5.76 Å². The van der Waals surface area contributed by atoms with E-state index in [9.17, 15) is 9.90 Å². The lowest BCUT2D eigenvalue weighted by Crippen LogP contribution is -2.09. The molecule has 0 rings (SSSR count). The Balaban J connectivity index is 4.27. The van der Waals surface area contributed by atoms with Gasteiger partial charge in [-0.15, -0.1) is 0 Å². The van der Waals surface area contributed by atoms with Crippen LogP contribution in [0.3, 0.4) is 0 Å². The van der Waals surface area contributed by atoms with Gasteiger partial charge in [0.2, 0.25) is 0 Å². The molecule has 76 valence electrons. The minimum atomic E-state index is -0.393. The van der Waals surface area contributed by atoms with Crippen LogP contribution in [0.1, 0.15) is 40.0 Å². The van der Waals surface area contributed by atoms with Crippen molar-refractivity contribution in [1.29, 1.82) is 0 Å². The molecule has 0 atom stereocenters. The van der Waals surface area contributed by atoms with Crippen molar-refractivity contribution >= 4 is 5.97 Å². The Morgan fingerprint density at radius 2 is 2.00 bits per heavy atom. The predicted octanol–water partition coefficient (Wildman–Crippen LogP) is 2.57. The number of carbonyl (C=O) groups excluding carboxylic acids is 1. The van der Waals surface area contributed by atoms with Crippen LogP contribution in [-0.2, 0) is 9.53 Å². The van der Waals surface area contributed by atoms with E-state index in [1.54, 1.807) is 6.92 Å². The summed E-state index contributed by atoms with van der Waals surface area (Å²) in [5.41, 5.74) is 0.406. The summed E-state index contributed by atoms with van der Waals surface area (Å²) in [6.45, 7) is 5.65. The van der Waals surface area contributed by atoms with Crippen LogP contribution in [0.15, 0.2) is 11.3 Å². The monoisotopic (exact) mass is 186 g/mol. The van der Waals surface area contributed by atoms with Gasteiger partial charge in [-0.3, -0.25) is 0 Å². The molecule has 0 saturated heterocycles. The van der Waals surface area contributed by atoms with Crippen molar-refractivity contribution in [2.24, 2.45) is 0 Å². The summed E-state index contributed by atoms with van der Waals surface area (Å²) in [5, 5.41) is 9.21. The van der Waals surface area contributed by atoms with Crippen molar-refractivity contribution in [3.63, 3.8) is 0 Å². The quantitative estimate of drug-likeness (QED) is 0.408. The van der Waals surface area contributed by atoms with E-state index in [1.807, 2.05) is 6.92 Å². The maximum absolute atomic E-state index is 11.3. The van der Waals surface area contributed by atoms with E-state index in [1.165, 1.54) is 6.92 Å². The molecule has 0 aliphatic rings. The minimum Gasteiger partial charge on any atom is -0.512 e. The van der Waals surface area contributed by atoms with Gasteiger partial charge < -0.3 is 9.84 Å². The van der Waals surface area contributed by atoms with Gasteiger partial charge in [0.1, 0.15) is 0 Å². The van der Waals surface area contributed by atoms with Crippen molar-refractivity contribution in [3.8, 4) is 0 Å². The maximum Gasteiger partial charge on any atom is 0.337 e. The Labute approximate surface area is 79.4 Å². The minimum absolute atomic E-state index is 0.0758. The first-order valence-corrected chi connectivity index (χ1v) is 4.69. The highest BCUT2D eigenvalue weighted by Crippen LogP contribution is 2.12. The first-order chi connectivity index (χ1) is 6.13. The standard InChI is InChI=1S/C10H18O3/c1-4-6-7-9(8(3)11)10(12)13-5-2/h11H,4-7H2,1-3H3. The van der Waals surface area contributed by atoms with E-state index < -0.39 is 5.97 Å². The van der Waals surface area contributed by atoms with Gasteiger partial charge in [-0.2, -0.15) is 0 Å². The number of ether oxygens (including phenoxy) is 1. The van der Waals surface area contributed by atoms with E-state index in [2.05, 4.69) is 0 Å². The van der Waals surface area contributed by atoms with E-state index in [0.717, 1.165) is 12.8 Å². The molecule has 0 aromatic heterocycles. The highest BCUT2D eigenvalue weighted by atomic mass is 16.5. The average Bonchev–Trinajstić information content (AvgIpc) is 2.05. The molecular formula is C10H18O3. The van der Waals surface area contributed by atoms with Crippen LogP contribution in [0.2, 0.25) is 0 Å². The van der Waals surface area contributed by atoms with Crippen LogP contribution in [0.5, 0.6) is 0 Å². The maximum atomic E-state index is 11.3. The van der Waals surface area contributed by atoms with Crippen LogP contribution < -0.4 is 0 Å². The van der Waals surface area contributed by atoms with Crippen LogP contribution in [-0.4, -0.2) is 17.7 Å². The molecule has 0 saturated carbocycles. The van der Waals surface area contributed by atoms with Gasteiger partial charge in [-0.25, -0.2) is 4.79 Å². The van der Waals surface area contributed by atoms with Crippen molar-refractivity contribution in [3.05, 3.63) is 11.3 Å². The molecule has 0 fully saturated rings. The number of unbranched alkanes of at least 4 members (excludes halogenated alkanes) is 1. The molecule has 3 nitrogen and oxygen atoms in total.